The van der Waals surface area contributed by atoms with Crippen molar-refractivity contribution in [3.05, 3.63) is 57.1 Å². The van der Waals surface area contributed by atoms with Gasteiger partial charge in [-0.05, 0) is 12.1 Å². The van der Waals surface area contributed by atoms with Gasteiger partial charge in [0.2, 0.25) is 0 Å². The molecule has 0 atom stereocenters. The number of rotatable bonds is 3. The molecule has 0 fully saturated rings. The zero-order valence-corrected chi connectivity index (χ0v) is 10.3. The number of hydrogen-bond acceptors (Lipinski definition) is 4. The average molecular weight is 246 g/mol. The molecule has 0 saturated heterocycles. The molecule has 94 valence electrons. The number of anilines is 1. The number of aryl methyl sites for hydroxylation is 1. The van der Waals surface area contributed by atoms with Crippen molar-refractivity contribution in [2.45, 2.75) is 6.54 Å². The van der Waals surface area contributed by atoms with Crippen LogP contribution >= 0.6 is 0 Å². The van der Waals surface area contributed by atoms with E-state index in [2.05, 4.69) is 10.3 Å². The van der Waals surface area contributed by atoms with E-state index < -0.39 is 0 Å². The summed E-state index contributed by atoms with van der Waals surface area (Å²) >= 11 is 0. The van der Waals surface area contributed by atoms with Gasteiger partial charge in [0.25, 0.3) is 5.56 Å². The van der Waals surface area contributed by atoms with Gasteiger partial charge in [-0.25, -0.2) is 4.79 Å². The smallest absolute Gasteiger partial charge is 0.331 e. The van der Waals surface area contributed by atoms with Gasteiger partial charge < -0.3 is 9.88 Å². The first-order valence-corrected chi connectivity index (χ1v) is 5.51. The van der Waals surface area contributed by atoms with Gasteiger partial charge in [-0.3, -0.25) is 14.3 Å². The van der Waals surface area contributed by atoms with Crippen molar-refractivity contribution in [1.82, 2.24) is 14.1 Å². The normalized spacial score (nSPS) is 10.3. The predicted octanol–water partition coefficient (Wildman–Crippen LogP) is 0.0320. The minimum Gasteiger partial charge on any atom is -0.388 e. The van der Waals surface area contributed by atoms with E-state index in [1.54, 1.807) is 26.4 Å². The summed E-state index contributed by atoms with van der Waals surface area (Å²) < 4.78 is 2.52. The monoisotopic (exact) mass is 246 g/mol. The fourth-order valence-corrected chi connectivity index (χ4v) is 1.64. The summed E-state index contributed by atoms with van der Waals surface area (Å²) in [4.78, 5) is 27.6. The first kappa shape index (κ1) is 12.1. The average Bonchev–Trinajstić information content (AvgIpc) is 2.39. The molecule has 0 aliphatic rings. The second-order valence-corrected chi connectivity index (χ2v) is 3.92. The highest BCUT2D eigenvalue weighted by atomic mass is 16.2. The SMILES string of the molecule is CNc1ccnc(Cn2c(=O)ccn(C)c2=O)c1. The highest BCUT2D eigenvalue weighted by molar-refractivity contribution is 5.42. The van der Waals surface area contributed by atoms with Gasteiger partial charge in [-0.15, -0.1) is 0 Å². The highest BCUT2D eigenvalue weighted by Crippen LogP contribution is 2.06. The van der Waals surface area contributed by atoms with E-state index in [1.807, 2.05) is 6.07 Å². The molecule has 0 radical (unpaired) electrons. The van der Waals surface area contributed by atoms with Crippen LogP contribution < -0.4 is 16.6 Å². The first-order chi connectivity index (χ1) is 8.61. The topological polar surface area (TPSA) is 68.9 Å². The Morgan fingerprint density at radius 1 is 1.33 bits per heavy atom. The standard InChI is InChI=1S/C12H14N4O2/c1-13-9-3-5-14-10(7-9)8-16-11(17)4-6-15(2)12(16)18/h3-7H,8H2,1-2H3,(H,13,14). The number of nitrogens with one attached hydrogen (secondary N) is 1. The summed E-state index contributed by atoms with van der Waals surface area (Å²) in [6.45, 7) is 0.169. The second kappa shape index (κ2) is 4.87. The van der Waals surface area contributed by atoms with Gasteiger partial charge >= 0.3 is 5.69 Å². The molecule has 0 aliphatic carbocycles. The molecule has 0 unspecified atom stereocenters. The molecule has 0 aliphatic heterocycles. The molecule has 0 aromatic carbocycles. The Labute approximate surface area is 104 Å². The zero-order chi connectivity index (χ0) is 13.1. The zero-order valence-electron chi connectivity index (χ0n) is 10.3. The number of pyridine rings is 1. The van der Waals surface area contributed by atoms with Crippen LogP contribution in [0.5, 0.6) is 0 Å². The van der Waals surface area contributed by atoms with Crippen molar-refractivity contribution in [2.24, 2.45) is 7.05 Å². The maximum absolute atomic E-state index is 11.8. The maximum atomic E-state index is 11.8. The number of hydrogen-bond donors (Lipinski definition) is 1. The summed E-state index contributed by atoms with van der Waals surface area (Å²) in [5.41, 5.74) is 0.877. The molecular formula is C12H14N4O2. The summed E-state index contributed by atoms with van der Waals surface area (Å²) in [7, 11) is 3.41. The number of nitrogens with zero attached hydrogens (tertiary/aromatic N) is 3. The van der Waals surface area contributed by atoms with Crippen molar-refractivity contribution in [3.8, 4) is 0 Å². The fraction of sp³-hybridized carbons (Fsp3) is 0.250. The Hall–Kier alpha value is -2.37. The predicted molar refractivity (Wildman–Crippen MR) is 68.8 cm³/mol. The van der Waals surface area contributed by atoms with Gasteiger partial charge in [-0.2, -0.15) is 0 Å². The quantitative estimate of drug-likeness (QED) is 0.829. The Morgan fingerprint density at radius 3 is 2.83 bits per heavy atom. The van der Waals surface area contributed by atoms with Crippen LogP contribution in [0, 0.1) is 0 Å². The van der Waals surface area contributed by atoms with E-state index in [-0.39, 0.29) is 17.8 Å². The Kier molecular flexibility index (Phi) is 3.27. The lowest BCUT2D eigenvalue weighted by molar-refractivity contribution is 0.631. The molecule has 2 heterocycles. The van der Waals surface area contributed by atoms with E-state index >= 15 is 0 Å². The Bertz CT molecular complexity index is 672. The van der Waals surface area contributed by atoms with Gasteiger partial charge in [0.15, 0.2) is 0 Å². The lowest BCUT2D eigenvalue weighted by Gasteiger charge is -2.07. The van der Waals surface area contributed by atoms with Crippen molar-refractivity contribution in [3.63, 3.8) is 0 Å². The molecule has 1 N–H and O–H groups in total. The second-order valence-electron chi connectivity index (χ2n) is 3.92. The molecule has 18 heavy (non-hydrogen) atoms. The summed E-state index contributed by atoms with van der Waals surface area (Å²) in [5, 5.41) is 2.98. The summed E-state index contributed by atoms with van der Waals surface area (Å²) in [6.07, 6.45) is 3.10. The van der Waals surface area contributed by atoms with Crippen LogP contribution in [0.2, 0.25) is 0 Å². The van der Waals surface area contributed by atoms with Gasteiger partial charge in [0.1, 0.15) is 0 Å². The third-order valence-electron chi connectivity index (χ3n) is 2.66. The molecular weight excluding hydrogens is 232 g/mol. The van der Waals surface area contributed by atoms with E-state index in [4.69, 9.17) is 0 Å². The minimum atomic E-state index is -0.348. The highest BCUT2D eigenvalue weighted by Gasteiger charge is 2.05. The van der Waals surface area contributed by atoms with E-state index in [0.717, 1.165) is 10.3 Å². The van der Waals surface area contributed by atoms with Crippen LogP contribution in [0.3, 0.4) is 0 Å². The van der Waals surface area contributed by atoms with Crippen molar-refractivity contribution in [2.75, 3.05) is 12.4 Å². The van der Waals surface area contributed by atoms with Crippen molar-refractivity contribution >= 4 is 5.69 Å². The van der Waals surface area contributed by atoms with Crippen LogP contribution in [0.15, 0.2) is 40.2 Å². The summed E-state index contributed by atoms with van der Waals surface area (Å²) in [6, 6.07) is 4.98. The van der Waals surface area contributed by atoms with Gasteiger partial charge in [-0.1, -0.05) is 0 Å². The Morgan fingerprint density at radius 2 is 2.11 bits per heavy atom. The van der Waals surface area contributed by atoms with Gasteiger partial charge in [0, 0.05) is 38.2 Å². The molecule has 0 saturated carbocycles. The Balaban J connectivity index is 2.43. The minimum absolute atomic E-state index is 0.169. The van der Waals surface area contributed by atoms with E-state index in [9.17, 15) is 9.59 Å². The molecule has 0 bridgehead atoms. The molecule has 0 amide bonds. The summed E-state index contributed by atoms with van der Waals surface area (Å²) in [5.74, 6) is 0. The van der Waals surface area contributed by atoms with Gasteiger partial charge in [0.05, 0.1) is 12.2 Å². The van der Waals surface area contributed by atoms with Crippen LogP contribution in [-0.2, 0) is 13.6 Å². The molecule has 6 nitrogen and oxygen atoms in total. The van der Waals surface area contributed by atoms with Crippen LogP contribution in [0.1, 0.15) is 5.69 Å². The lowest BCUT2D eigenvalue weighted by atomic mass is 10.3. The first-order valence-electron chi connectivity index (χ1n) is 5.51. The van der Waals surface area contributed by atoms with E-state index in [0.29, 0.717) is 5.69 Å². The number of aromatic nitrogens is 3. The third-order valence-corrected chi connectivity index (χ3v) is 2.66. The van der Waals surface area contributed by atoms with Crippen molar-refractivity contribution in [1.29, 1.82) is 0 Å². The molecule has 0 spiro atoms. The molecule has 2 aromatic rings. The maximum Gasteiger partial charge on any atom is 0.331 e. The van der Waals surface area contributed by atoms with Crippen LogP contribution in [0.25, 0.3) is 0 Å². The third kappa shape index (κ3) is 2.32. The van der Waals surface area contributed by atoms with Crippen LogP contribution in [0.4, 0.5) is 5.69 Å². The molecule has 2 aromatic heterocycles. The van der Waals surface area contributed by atoms with Crippen molar-refractivity contribution < 1.29 is 0 Å². The molecule has 6 heteroatoms. The molecule has 2 rings (SSSR count). The largest absolute Gasteiger partial charge is 0.388 e. The lowest BCUT2D eigenvalue weighted by Crippen LogP contribution is -2.38. The van der Waals surface area contributed by atoms with E-state index in [1.165, 1.54) is 16.8 Å². The fourth-order valence-electron chi connectivity index (χ4n) is 1.64. The van der Waals surface area contributed by atoms with Crippen LogP contribution in [-0.4, -0.2) is 21.2 Å².